The van der Waals surface area contributed by atoms with E-state index >= 15 is 0 Å². The van der Waals surface area contributed by atoms with Gasteiger partial charge in [0.25, 0.3) is 0 Å². The van der Waals surface area contributed by atoms with Crippen LogP contribution in [0.3, 0.4) is 0 Å². The monoisotopic (exact) mass is 206 g/mol. The van der Waals surface area contributed by atoms with E-state index in [1.165, 1.54) is 0 Å². The molecule has 0 atom stereocenters. The number of para-hydroxylation sites is 1. The van der Waals surface area contributed by atoms with Gasteiger partial charge in [-0.3, -0.25) is 0 Å². The van der Waals surface area contributed by atoms with Crippen molar-refractivity contribution in [1.82, 2.24) is 9.78 Å². The molecule has 2 rings (SSSR count). The zero-order chi connectivity index (χ0) is 9.97. The zero-order valence-corrected chi connectivity index (χ0v) is 8.70. The summed E-state index contributed by atoms with van der Waals surface area (Å²) in [5.41, 5.74) is 2.01. The van der Waals surface area contributed by atoms with E-state index in [1.807, 2.05) is 36.4 Å². The third kappa shape index (κ3) is 1.66. The highest BCUT2D eigenvalue weighted by Crippen LogP contribution is 2.16. The van der Waals surface area contributed by atoms with E-state index in [-0.39, 0.29) is 0 Å². The van der Waals surface area contributed by atoms with Crippen molar-refractivity contribution in [3.63, 3.8) is 0 Å². The molecule has 0 amide bonds. The van der Waals surface area contributed by atoms with Gasteiger partial charge in [-0.05, 0) is 24.6 Å². The van der Waals surface area contributed by atoms with Gasteiger partial charge in [-0.2, -0.15) is 5.10 Å². The quantitative estimate of drug-likeness (QED) is 0.739. The molecule has 2 aromatic rings. The van der Waals surface area contributed by atoms with Gasteiger partial charge < -0.3 is 0 Å². The summed E-state index contributed by atoms with van der Waals surface area (Å²) in [6, 6.07) is 11.8. The lowest BCUT2D eigenvalue weighted by atomic mass is 10.3. The van der Waals surface area contributed by atoms with Gasteiger partial charge >= 0.3 is 0 Å². The molecule has 0 spiro atoms. The van der Waals surface area contributed by atoms with E-state index in [0.717, 1.165) is 17.8 Å². The first-order valence-electron chi connectivity index (χ1n) is 4.61. The molecule has 0 aliphatic heterocycles. The molecule has 0 aliphatic carbocycles. The Balaban J connectivity index is 2.46. The minimum Gasteiger partial charge on any atom is -0.222 e. The largest absolute Gasteiger partial charge is 0.222 e. The van der Waals surface area contributed by atoms with Crippen molar-refractivity contribution in [2.75, 3.05) is 0 Å². The standard InChI is InChI=1S/C11H11ClN2/c1-2-9-8-11(12)14(13-9)10-6-4-3-5-7-10/h3-8H,2H2,1H3. The van der Waals surface area contributed by atoms with Crippen LogP contribution in [0.15, 0.2) is 36.4 Å². The number of hydrogen-bond acceptors (Lipinski definition) is 1. The van der Waals surface area contributed by atoms with Crippen molar-refractivity contribution in [3.05, 3.63) is 47.2 Å². The Bertz CT molecular complexity index is 420. The minimum atomic E-state index is 0.660. The van der Waals surface area contributed by atoms with Crippen molar-refractivity contribution < 1.29 is 0 Å². The molecule has 3 heteroatoms. The van der Waals surface area contributed by atoms with Crippen LogP contribution in [-0.2, 0) is 6.42 Å². The number of halogens is 1. The third-order valence-corrected chi connectivity index (χ3v) is 2.35. The smallest absolute Gasteiger partial charge is 0.133 e. The zero-order valence-electron chi connectivity index (χ0n) is 7.94. The van der Waals surface area contributed by atoms with Gasteiger partial charge in [0.05, 0.1) is 11.4 Å². The van der Waals surface area contributed by atoms with Crippen LogP contribution in [0.25, 0.3) is 5.69 Å². The predicted octanol–water partition coefficient (Wildman–Crippen LogP) is 3.09. The molecule has 0 radical (unpaired) electrons. The van der Waals surface area contributed by atoms with Crippen molar-refractivity contribution in [1.29, 1.82) is 0 Å². The molecule has 0 bridgehead atoms. The minimum absolute atomic E-state index is 0.660. The number of aromatic nitrogens is 2. The molecule has 2 nitrogen and oxygen atoms in total. The van der Waals surface area contributed by atoms with Gasteiger partial charge in [0.15, 0.2) is 0 Å². The second-order valence-corrected chi connectivity index (χ2v) is 3.45. The molecule has 0 fully saturated rings. The topological polar surface area (TPSA) is 17.8 Å². The normalized spacial score (nSPS) is 10.4. The van der Waals surface area contributed by atoms with Crippen molar-refractivity contribution in [3.8, 4) is 5.69 Å². The highest BCUT2D eigenvalue weighted by molar-refractivity contribution is 6.29. The van der Waals surface area contributed by atoms with Crippen LogP contribution in [0.4, 0.5) is 0 Å². The summed E-state index contributed by atoms with van der Waals surface area (Å²) in [5.74, 6) is 0. The van der Waals surface area contributed by atoms with E-state index < -0.39 is 0 Å². The molecule has 1 heterocycles. The third-order valence-electron chi connectivity index (χ3n) is 2.08. The maximum Gasteiger partial charge on any atom is 0.133 e. The van der Waals surface area contributed by atoms with Crippen LogP contribution < -0.4 is 0 Å². The molecule has 1 aromatic heterocycles. The fourth-order valence-electron chi connectivity index (χ4n) is 1.33. The molecule has 14 heavy (non-hydrogen) atoms. The van der Waals surface area contributed by atoms with Crippen LogP contribution in [0.1, 0.15) is 12.6 Å². The first-order valence-corrected chi connectivity index (χ1v) is 4.99. The molecular formula is C11H11ClN2. The van der Waals surface area contributed by atoms with Gasteiger partial charge in [0.2, 0.25) is 0 Å². The summed E-state index contributed by atoms with van der Waals surface area (Å²) in [5, 5.41) is 5.04. The van der Waals surface area contributed by atoms with Crippen LogP contribution in [-0.4, -0.2) is 9.78 Å². The van der Waals surface area contributed by atoms with E-state index in [0.29, 0.717) is 5.15 Å². The Hall–Kier alpha value is -1.28. The highest BCUT2D eigenvalue weighted by Gasteiger charge is 2.05. The van der Waals surface area contributed by atoms with Crippen LogP contribution in [0.2, 0.25) is 5.15 Å². The summed E-state index contributed by atoms with van der Waals surface area (Å²) >= 11 is 6.06. The van der Waals surface area contributed by atoms with Crippen LogP contribution >= 0.6 is 11.6 Å². The molecule has 72 valence electrons. The second kappa shape index (κ2) is 3.84. The molecule has 0 saturated heterocycles. The molecule has 0 saturated carbocycles. The fraction of sp³-hybridized carbons (Fsp3) is 0.182. The summed E-state index contributed by atoms with van der Waals surface area (Å²) in [7, 11) is 0. The average molecular weight is 207 g/mol. The number of aryl methyl sites for hydroxylation is 1. The van der Waals surface area contributed by atoms with Crippen molar-refractivity contribution in [2.45, 2.75) is 13.3 Å². The highest BCUT2D eigenvalue weighted by atomic mass is 35.5. The maximum absolute atomic E-state index is 6.06. The van der Waals surface area contributed by atoms with Gasteiger partial charge in [-0.1, -0.05) is 36.7 Å². The first kappa shape index (κ1) is 9.28. The van der Waals surface area contributed by atoms with E-state index in [9.17, 15) is 0 Å². The Labute approximate surface area is 88.1 Å². The average Bonchev–Trinajstić information content (AvgIpc) is 2.61. The molecule has 0 aliphatic rings. The Morgan fingerprint density at radius 1 is 1.29 bits per heavy atom. The lowest BCUT2D eigenvalue weighted by molar-refractivity contribution is 0.842. The van der Waals surface area contributed by atoms with Crippen LogP contribution in [0, 0.1) is 0 Å². The lowest BCUT2D eigenvalue weighted by Crippen LogP contribution is -1.96. The van der Waals surface area contributed by atoms with E-state index in [1.54, 1.807) is 4.68 Å². The summed E-state index contributed by atoms with van der Waals surface area (Å²) in [4.78, 5) is 0. The van der Waals surface area contributed by atoms with E-state index in [4.69, 9.17) is 11.6 Å². The number of hydrogen-bond donors (Lipinski definition) is 0. The van der Waals surface area contributed by atoms with Gasteiger partial charge in [0, 0.05) is 0 Å². The molecule has 0 unspecified atom stereocenters. The second-order valence-electron chi connectivity index (χ2n) is 3.06. The first-order chi connectivity index (χ1) is 6.81. The Morgan fingerprint density at radius 3 is 2.57 bits per heavy atom. The summed E-state index contributed by atoms with van der Waals surface area (Å²) < 4.78 is 1.75. The van der Waals surface area contributed by atoms with Crippen molar-refractivity contribution in [2.24, 2.45) is 0 Å². The lowest BCUT2D eigenvalue weighted by Gasteiger charge is -2.01. The fourth-order valence-corrected chi connectivity index (χ4v) is 1.59. The van der Waals surface area contributed by atoms with E-state index in [2.05, 4.69) is 12.0 Å². The summed E-state index contributed by atoms with van der Waals surface area (Å²) in [6.45, 7) is 2.06. The predicted molar refractivity (Wildman–Crippen MR) is 58.0 cm³/mol. The SMILES string of the molecule is CCc1cc(Cl)n(-c2ccccc2)n1. The van der Waals surface area contributed by atoms with Crippen molar-refractivity contribution >= 4 is 11.6 Å². The molecule has 0 N–H and O–H groups in total. The molecule has 1 aromatic carbocycles. The number of rotatable bonds is 2. The van der Waals surface area contributed by atoms with Gasteiger partial charge in [-0.15, -0.1) is 0 Å². The van der Waals surface area contributed by atoms with Gasteiger partial charge in [0.1, 0.15) is 5.15 Å². The molecular weight excluding hydrogens is 196 g/mol. The number of nitrogens with zero attached hydrogens (tertiary/aromatic N) is 2. The number of benzene rings is 1. The maximum atomic E-state index is 6.06. The summed E-state index contributed by atoms with van der Waals surface area (Å²) in [6.07, 6.45) is 0.902. The Morgan fingerprint density at radius 2 is 2.00 bits per heavy atom. The van der Waals surface area contributed by atoms with Gasteiger partial charge in [-0.25, -0.2) is 4.68 Å². The Kier molecular flexibility index (Phi) is 2.55. The van der Waals surface area contributed by atoms with Crippen LogP contribution in [0.5, 0.6) is 0 Å².